The molecule has 1 aliphatic heterocycles. The first-order valence-electron chi connectivity index (χ1n) is 12.8. The Kier molecular flexibility index (Phi) is 5.49. The van der Waals surface area contributed by atoms with E-state index in [0.29, 0.717) is 0 Å². The van der Waals surface area contributed by atoms with E-state index in [1.807, 2.05) is 48.5 Å². The molecule has 0 bridgehead atoms. The Bertz CT molecular complexity index is 1620. The van der Waals surface area contributed by atoms with E-state index in [1.165, 1.54) is 0 Å². The molecule has 0 aliphatic carbocycles. The van der Waals surface area contributed by atoms with Gasteiger partial charge in [0.25, 0.3) is 0 Å². The summed E-state index contributed by atoms with van der Waals surface area (Å²) in [6.45, 7) is 0. The lowest BCUT2D eigenvalue weighted by atomic mass is 9.87. The molecule has 0 saturated carbocycles. The molecule has 2 nitrogen and oxygen atoms in total. The summed E-state index contributed by atoms with van der Waals surface area (Å²) in [4.78, 5) is 0. The summed E-state index contributed by atoms with van der Waals surface area (Å²) in [5, 5.41) is 0. The highest BCUT2D eigenvalue weighted by atomic mass is 16.5. The van der Waals surface area contributed by atoms with Crippen molar-refractivity contribution in [3.63, 3.8) is 0 Å². The summed E-state index contributed by atoms with van der Waals surface area (Å²) in [7, 11) is 0. The molecule has 0 N–H and O–H groups in total. The molecule has 180 valence electrons. The highest BCUT2D eigenvalue weighted by molar-refractivity contribution is 5.98. The van der Waals surface area contributed by atoms with Crippen LogP contribution in [0.2, 0.25) is 0 Å². The number of rotatable bonds is 2. The summed E-state index contributed by atoms with van der Waals surface area (Å²) < 4.78 is 13.7. The van der Waals surface area contributed by atoms with Crippen LogP contribution in [0.4, 0.5) is 0 Å². The minimum Gasteiger partial charge on any atom is -0.456 e. The van der Waals surface area contributed by atoms with Crippen molar-refractivity contribution in [3.8, 4) is 67.5 Å². The van der Waals surface area contributed by atoms with Crippen molar-refractivity contribution in [2.75, 3.05) is 0 Å². The summed E-state index contributed by atoms with van der Waals surface area (Å²) >= 11 is 0. The first kappa shape index (κ1) is 22.1. The average Bonchev–Trinajstić information content (AvgIpc) is 2.99. The number of para-hydroxylation sites is 2. The molecule has 0 amide bonds. The summed E-state index contributed by atoms with van der Waals surface area (Å²) in [6.07, 6.45) is 0. The quantitative estimate of drug-likeness (QED) is 0.241. The van der Waals surface area contributed by atoms with Crippen LogP contribution in [0.15, 0.2) is 146 Å². The van der Waals surface area contributed by atoms with E-state index in [1.54, 1.807) is 0 Å². The zero-order valence-corrected chi connectivity index (χ0v) is 20.7. The van der Waals surface area contributed by atoms with Crippen LogP contribution in [-0.4, -0.2) is 0 Å². The molecule has 0 spiro atoms. The van der Waals surface area contributed by atoms with E-state index in [4.69, 9.17) is 9.47 Å². The highest BCUT2D eigenvalue weighted by Gasteiger charge is 2.25. The van der Waals surface area contributed by atoms with Gasteiger partial charge in [0.1, 0.15) is 23.0 Å². The second-order valence-electron chi connectivity index (χ2n) is 9.29. The predicted molar refractivity (Wildman–Crippen MR) is 155 cm³/mol. The van der Waals surface area contributed by atoms with Crippen molar-refractivity contribution in [2.24, 2.45) is 0 Å². The van der Waals surface area contributed by atoms with Crippen LogP contribution < -0.4 is 9.47 Å². The average molecular weight is 489 g/mol. The van der Waals surface area contributed by atoms with Gasteiger partial charge in [-0.3, -0.25) is 0 Å². The van der Waals surface area contributed by atoms with E-state index in [2.05, 4.69) is 97.1 Å². The van der Waals surface area contributed by atoms with E-state index >= 15 is 0 Å². The van der Waals surface area contributed by atoms with Gasteiger partial charge in [-0.05, 0) is 46.5 Å². The molecule has 6 aromatic carbocycles. The minimum atomic E-state index is 0.784. The number of hydrogen-bond acceptors (Lipinski definition) is 2. The molecule has 0 fully saturated rings. The minimum absolute atomic E-state index is 0.784. The van der Waals surface area contributed by atoms with Gasteiger partial charge in [-0.25, -0.2) is 0 Å². The highest BCUT2D eigenvalue weighted by Crippen LogP contribution is 2.52. The Morgan fingerprint density at radius 1 is 0.263 bits per heavy atom. The van der Waals surface area contributed by atoms with Crippen molar-refractivity contribution in [1.29, 1.82) is 0 Å². The van der Waals surface area contributed by atoms with Gasteiger partial charge in [-0.2, -0.15) is 0 Å². The Balaban J connectivity index is 1.61. The fourth-order valence-electron chi connectivity index (χ4n) is 5.26. The summed E-state index contributed by atoms with van der Waals surface area (Å²) in [5.74, 6) is 3.14. The molecule has 2 heteroatoms. The monoisotopic (exact) mass is 488 g/mol. The predicted octanol–water partition coefficient (Wildman–Crippen LogP) is 10.3. The van der Waals surface area contributed by atoms with Crippen LogP contribution in [0.1, 0.15) is 0 Å². The SMILES string of the molecule is c1ccc(-c2cccc3c2-c2c(cccc2-c2ccccc2)Oc2ccccc2-c2ccccc2O3)cc1. The van der Waals surface area contributed by atoms with Gasteiger partial charge >= 0.3 is 0 Å². The van der Waals surface area contributed by atoms with E-state index in [9.17, 15) is 0 Å². The lowest BCUT2D eigenvalue weighted by Gasteiger charge is -2.24. The Morgan fingerprint density at radius 3 is 1.05 bits per heavy atom. The molecule has 0 aromatic heterocycles. The summed E-state index contributed by atoms with van der Waals surface area (Å²) in [6, 6.07) is 49.8. The van der Waals surface area contributed by atoms with Gasteiger partial charge in [0.2, 0.25) is 0 Å². The fourth-order valence-corrected chi connectivity index (χ4v) is 5.26. The molecule has 0 radical (unpaired) electrons. The molecule has 0 saturated heterocycles. The largest absolute Gasteiger partial charge is 0.456 e. The molecule has 7 rings (SSSR count). The molecule has 38 heavy (non-hydrogen) atoms. The third-order valence-electron chi connectivity index (χ3n) is 6.98. The zero-order chi connectivity index (χ0) is 25.3. The Hall–Kier alpha value is -5.08. The smallest absolute Gasteiger partial charge is 0.136 e. The van der Waals surface area contributed by atoms with E-state index < -0.39 is 0 Å². The third kappa shape index (κ3) is 3.84. The molecule has 1 aliphatic rings. The van der Waals surface area contributed by atoms with Crippen LogP contribution in [0, 0.1) is 0 Å². The van der Waals surface area contributed by atoms with Gasteiger partial charge in [0.05, 0.1) is 0 Å². The molecule has 0 unspecified atom stereocenters. The maximum Gasteiger partial charge on any atom is 0.136 e. The Labute approximate surface area is 222 Å². The van der Waals surface area contributed by atoms with Crippen molar-refractivity contribution in [2.45, 2.75) is 0 Å². The van der Waals surface area contributed by atoms with Gasteiger partial charge in [0.15, 0.2) is 0 Å². The fraction of sp³-hybridized carbons (Fsp3) is 0. The molecule has 1 heterocycles. The van der Waals surface area contributed by atoms with Gasteiger partial charge in [-0.1, -0.05) is 121 Å². The summed E-state index contributed by atoms with van der Waals surface area (Å²) in [5.41, 5.74) is 8.39. The van der Waals surface area contributed by atoms with E-state index in [-0.39, 0.29) is 0 Å². The van der Waals surface area contributed by atoms with Gasteiger partial charge in [0, 0.05) is 22.3 Å². The first-order chi connectivity index (χ1) is 18.9. The maximum absolute atomic E-state index is 6.83. The van der Waals surface area contributed by atoms with E-state index in [0.717, 1.165) is 67.5 Å². The number of ether oxygens (including phenoxy) is 2. The zero-order valence-electron chi connectivity index (χ0n) is 20.7. The molecule has 6 aromatic rings. The lowest BCUT2D eigenvalue weighted by Crippen LogP contribution is -2.00. The number of hydrogen-bond donors (Lipinski definition) is 0. The van der Waals surface area contributed by atoms with Crippen molar-refractivity contribution < 1.29 is 9.47 Å². The number of fused-ring (bicyclic) bond motifs is 6. The number of benzene rings is 6. The van der Waals surface area contributed by atoms with Crippen molar-refractivity contribution in [3.05, 3.63) is 146 Å². The first-order valence-corrected chi connectivity index (χ1v) is 12.8. The molecule has 0 atom stereocenters. The molecular weight excluding hydrogens is 464 g/mol. The second kappa shape index (κ2) is 9.42. The lowest BCUT2D eigenvalue weighted by molar-refractivity contribution is 0.472. The van der Waals surface area contributed by atoms with Crippen LogP contribution in [-0.2, 0) is 0 Å². The third-order valence-corrected chi connectivity index (χ3v) is 6.98. The van der Waals surface area contributed by atoms with Crippen LogP contribution >= 0.6 is 0 Å². The van der Waals surface area contributed by atoms with Gasteiger partial charge in [-0.15, -0.1) is 0 Å². The molecular formula is C36H24O2. The normalized spacial score (nSPS) is 11.6. The van der Waals surface area contributed by atoms with Crippen molar-refractivity contribution >= 4 is 0 Å². The maximum atomic E-state index is 6.83. The van der Waals surface area contributed by atoms with Crippen LogP contribution in [0.5, 0.6) is 23.0 Å². The topological polar surface area (TPSA) is 18.5 Å². The van der Waals surface area contributed by atoms with Crippen molar-refractivity contribution in [1.82, 2.24) is 0 Å². The second-order valence-corrected chi connectivity index (χ2v) is 9.29. The van der Waals surface area contributed by atoms with Crippen LogP contribution in [0.25, 0.3) is 44.5 Å². The Morgan fingerprint density at radius 2 is 0.605 bits per heavy atom. The standard InChI is InChI=1S/C36H24O2/c1-3-13-25(14-4-1)27-19-11-23-33-35(27)36-28(26-15-5-2-6-16-26)20-12-24-34(36)38-32-22-10-8-18-30(32)29-17-7-9-21-31(29)37-33/h1-24H. The van der Waals surface area contributed by atoms with Crippen LogP contribution in [0.3, 0.4) is 0 Å². The van der Waals surface area contributed by atoms with Gasteiger partial charge < -0.3 is 9.47 Å².